The summed E-state index contributed by atoms with van der Waals surface area (Å²) in [6.45, 7) is 4.03. The van der Waals surface area contributed by atoms with Crippen LogP contribution in [0.3, 0.4) is 0 Å². The van der Waals surface area contributed by atoms with Crippen molar-refractivity contribution in [3.8, 4) is 0 Å². The number of nitrogens with one attached hydrogen (secondary N) is 1. The summed E-state index contributed by atoms with van der Waals surface area (Å²) in [5.41, 5.74) is 0.438. The molecule has 0 bridgehead atoms. The van der Waals surface area contributed by atoms with Crippen LogP contribution in [0.1, 0.15) is 32.3 Å². The first-order valence-corrected chi connectivity index (χ1v) is 7.96. The van der Waals surface area contributed by atoms with E-state index >= 15 is 0 Å². The van der Waals surface area contributed by atoms with Gasteiger partial charge in [-0.05, 0) is 25.8 Å². The molecular formula is C17H20ClN3O3. The average Bonchev–Trinajstić information content (AvgIpc) is 2.54. The average molecular weight is 350 g/mol. The van der Waals surface area contributed by atoms with Crippen LogP contribution >= 0.6 is 11.6 Å². The Morgan fingerprint density at radius 3 is 2.62 bits per heavy atom. The highest BCUT2D eigenvalue weighted by Gasteiger charge is 2.21. The maximum atomic E-state index is 12.4. The largest absolute Gasteiger partial charge is 0.481 e. The molecule has 2 N–H and O–H groups in total. The smallest absolute Gasteiger partial charge is 0.303 e. The van der Waals surface area contributed by atoms with Crippen LogP contribution in [0.5, 0.6) is 0 Å². The molecule has 2 rings (SSSR count). The molecule has 1 aromatic carbocycles. The van der Waals surface area contributed by atoms with Gasteiger partial charge in [0, 0.05) is 12.0 Å². The van der Waals surface area contributed by atoms with Gasteiger partial charge in [0.2, 0.25) is 0 Å². The van der Waals surface area contributed by atoms with E-state index in [1.54, 1.807) is 0 Å². The van der Waals surface area contributed by atoms with Crippen LogP contribution in [0.4, 0.5) is 5.69 Å². The zero-order chi connectivity index (χ0) is 17.7. The quantitative estimate of drug-likeness (QED) is 0.802. The van der Waals surface area contributed by atoms with E-state index in [2.05, 4.69) is 10.4 Å². The summed E-state index contributed by atoms with van der Waals surface area (Å²) in [6.07, 6.45) is 1.91. The van der Waals surface area contributed by atoms with Gasteiger partial charge < -0.3 is 10.4 Å². The third-order valence-corrected chi connectivity index (χ3v) is 3.96. The molecule has 1 heterocycles. The van der Waals surface area contributed by atoms with Gasteiger partial charge in [-0.25, -0.2) is 4.68 Å². The zero-order valence-electron chi connectivity index (χ0n) is 13.6. The molecule has 0 spiro atoms. The van der Waals surface area contributed by atoms with E-state index < -0.39 is 11.5 Å². The Labute approximate surface area is 145 Å². The van der Waals surface area contributed by atoms with Gasteiger partial charge in [-0.1, -0.05) is 41.9 Å². The highest BCUT2D eigenvalue weighted by molar-refractivity contribution is 6.32. The second kappa shape index (κ2) is 7.49. The number of hydrogen-bond donors (Lipinski definition) is 2. The number of rotatable bonds is 7. The molecule has 6 nitrogen and oxygen atoms in total. The number of carbonyl (C=O) groups is 1. The Morgan fingerprint density at radius 2 is 2.00 bits per heavy atom. The summed E-state index contributed by atoms with van der Waals surface area (Å²) in [5.74, 6) is -0.868. The Balaban J connectivity index is 2.18. The lowest BCUT2D eigenvalue weighted by Gasteiger charge is -2.27. The van der Waals surface area contributed by atoms with E-state index in [1.807, 2.05) is 44.2 Å². The molecule has 0 aliphatic rings. The predicted octanol–water partition coefficient (Wildman–Crippen LogP) is 3.00. The normalized spacial score (nSPS) is 11.3. The molecule has 24 heavy (non-hydrogen) atoms. The molecule has 0 fully saturated rings. The fourth-order valence-corrected chi connectivity index (χ4v) is 2.46. The van der Waals surface area contributed by atoms with Crippen molar-refractivity contribution in [2.24, 2.45) is 0 Å². The molecular weight excluding hydrogens is 330 g/mol. The second-order valence-electron chi connectivity index (χ2n) is 6.22. The SMILES string of the molecule is CC(C)(CCC(=O)O)Nc1cnn(Cc2ccccc2)c(=O)c1Cl. The highest BCUT2D eigenvalue weighted by atomic mass is 35.5. The molecule has 0 unspecified atom stereocenters. The lowest BCUT2D eigenvalue weighted by molar-refractivity contribution is -0.137. The summed E-state index contributed by atoms with van der Waals surface area (Å²) in [4.78, 5) is 23.1. The Morgan fingerprint density at radius 1 is 1.33 bits per heavy atom. The van der Waals surface area contributed by atoms with Crippen LogP contribution in [0.2, 0.25) is 5.02 Å². The van der Waals surface area contributed by atoms with Crippen LogP contribution in [0.25, 0.3) is 0 Å². The van der Waals surface area contributed by atoms with E-state index in [1.165, 1.54) is 10.9 Å². The van der Waals surface area contributed by atoms with Gasteiger partial charge in [0.15, 0.2) is 0 Å². The monoisotopic (exact) mass is 349 g/mol. The molecule has 0 aliphatic heterocycles. The molecule has 0 amide bonds. The maximum Gasteiger partial charge on any atom is 0.303 e. The third-order valence-electron chi connectivity index (χ3n) is 3.60. The first-order valence-electron chi connectivity index (χ1n) is 7.58. The van der Waals surface area contributed by atoms with Gasteiger partial charge >= 0.3 is 5.97 Å². The molecule has 2 aromatic rings. The van der Waals surface area contributed by atoms with E-state index in [-0.39, 0.29) is 17.0 Å². The fourth-order valence-electron chi connectivity index (χ4n) is 2.27. The number of aromatic nitrogens is 2. The van der Waals surface area contributed by atoms with Crippen molar-refractivity contribution in [2.45, 2.75) is 38.8 Å². The number of hydrogen-bond acceptors (Lipinski definition) is 4. The Hall–Kier alpha value is -2.34. The van der Waals surface area contributed by atoms with Crippen LogP contribution in [-0.4, -0.2) is 26.4 Å². The molecule has 128 valence electrons. The molecule has 0 aliphatic carbocycles. The van der Waals surface area contributed by atoms with Gasteiger partial charge in [0.25, 0.3) is 5.56 Å². The molecule has 7 heteroatoms. The van der Waals surface area contributed by atoms with Crippen LogP contribution in [-0.2, 0) is 11.3 Å². The van der Waals surface area contributed by atoms with E-state index in [0.717, 1.165) is 5.56 Å². The number of carboxylic acids is 1. The van der Waals surface area contributed by atoms with Gasteiger partial charge in [0.1, 0.15) is 5.02 Å². The molecule has 0 atom stereocenters. The van der Waals surface area contributed by atoms with Crippen molar-refractivity contribution in [3.63, 3.8) is 0 Å². The molecule has 1 aromatic heterocycles. The fraction of sp³-hybridized carbons (Fsp3) is 0.353. The van der Waals surface area contributed by atoms with Crippen molar-refractivity contribution in [1.29, 1.82) is 0 Å². The van der Waals surface area contributed by atoms with Crippen molar-refractivity contribution in [1.82, 2.24) is 9.78 Å². The van der Waals surface area contributed by atoms with E-state index in [4.69, 9.17) is 16.7 Å². The number of halogens is 1. The topological polar surface area (TPSA) is 84.2 Å². The predicted molar refractivity (Wildman–Crippen MR) is 93.6 cm³/mol. The van der Waals surface area contributed by atoms with Gasteiger partial charge in [-0.15, -0.1) is 0 Å². The molecule has 0 saturated carbocycles. The molecule has 0 saturated heterocycles. The standard InChI is InChI=1S/C17H20ClN3O3/c1-17(2,9-8-14(22)23)20-13-10-19-21(16(24)15(13)18)11-12-6-4-3-5-7-12/h3-7,10,20H,8-9,11H2,1-2H3,(H,22,23). The van der Waals surface area contributed by atoms with Gasteiger partial charge in [0.05, 0.1) is 18.4 Å². The first-order chi connectivity index (χ1) is 11.3. The lowest BCUT2D eigenvalue weighted by atomic mass is 9.98. The number of anilines is 1. The third kappa shape index (κ3) is 4.83. The minimum absolute atomic E-state index is 0.0239. The number of carboxylic acid groups (broad SMARTS) is 1. The van der Waals surface area contributed by atoms with Crippen molar-refractivity contribution < 1.29 is 9.90 Å². The highest BCUT2D eigenvalue weighted by Crippen LogP contribution is 2.23. The Bertz CT molecular complexity index is 772. The van der Waals surface area contributed by atoms with Crippen LogP contribution < -0.4 is 10.9 Å². The summed E-state index contributed by atoms with van der Waals surface area (Å²) in [7, 11) is 0. The summed E-state index contributed by atoms with van der Waals surface area (Å²) >= 11 is 6.18. The van der Waals surface area contributed by atoms with E-state index in [9.17, 15) is 9.59 Å². The summed E-state index contributed by atoms with van der Waals surface area (Å²) in [5, 5.41) is 16.1. The minimum Gasteiger partial charge on any atom is -0.481 e. The first kappa shape index (κ1) is 18.0. The summed E-state index contributed by atoms with van der Waals surface area (Å²) in [6, 6.07) is 9.50. The second-order valence-corrected chi connectivity index (χ2v) is 6.60. The number of aliphatic carboxylic acids is 1. The minimum atomic E-state index is -0.868. The van der Waals surface area contributed by atoms with E-state index in [0.29, 0.717) is 18.7 Å². The van der Waals surface area contributed by atoms with Crippen molar-refractivity contribution in [3.05, 3.63) is 57.5 Å². The number of benzene rings is 1. The van der Waals surface area contributed by atoms with Crippen molar-refractivity contribution in [2.75, 3.05) is 5.32 Å². The van der Waals surface area contributed by atoms with Gasteiger partial charge in [-0.2, -0.15) is 5.10 Å². The Kier molecular flexibility index (Phi) is 5.62. The molecule has 0 radical (unpaired) electrons. The van der Waals surface area contributed by atoms with Crippen LogP contribution in [0.15, 0.2) is 41.3 Å². The lowest BCUT2D eigenvalue weighted by Crippen LogP contribution is -2.33. The maximum absolute atomic E-state index is 12.4. The zero-order valence-corrected chi connectivity index (χ0v) is 14.4. The van der Waals surface area contributed by atoms with Gasteiger partial charge in [-0.3, -0.25) is 9.59 Å². The van der Waals surface area contributed by atoms with Crippen LogP contribution in [0, 0.1) is 0 Å². The number of nitrogens with zero attached hydrogens (tertiary/aromatic N) is 2. The van der Waals surface area contributed by atoms with Crippen molar-refractivity contribution >= 4 is 23.3 Å². The summed E-state index contributed by atoms with van der Waals surface area (Å²) < 4.78 is 1.30.